The molecule has 0 fully saturated rings. The average molecular weight is 374 g/mol. The van der Waals surface area contributed by atoms with Gasteiger partial charge in [0, 0.05) is 0 Å². The maximum Gasteiger partial charge on any atom is -0.0305 e. The van der Waals surface area contributed by atoms with Crippen molar-refractivity contribution in [2.45, 2.75) is 80.6 Å². The third-order valence-electron chi connectivity index (χ3n) is 5.31. The molecular weight excluding hydrogens is 340 g/mol. The molecule has 0 nitrogen and oxygen atoms in total. The van der Waals surface area contributed by atoms with Crippen LogP contribution in [0.2, 0.25) is 0 Å². The van der Waals surface area contributed by atoms with Gasteiger partial charge >= 0.3 is 0 Å². The Labute approximate surface area is 131 Å². The quantitative estimate of drug-likeness (QED) is 0.459. The Hall–Kier alpha value is 0.960. The first-order chi connectivity index (χ1) is 6.87. The summed E-state index contributed by atoms with van der Waals surface area (Å²) in [5.74, 6) is 0.845. The smallest absolute Gasteiger partial charge is 0.0305 e. The van der Waals surface area contributed by atoms with Gasteiger partial charge in [-0.3, -0.25) is 0 Å². The van der Waals surface area contributed by atoms with Gasteiger partial charge in [0.2, 0.25) is 0 Å². The van der Waals surface area contributed by atoms with Gasteiger partial charge in [-0.25, -0.2) is 0 Å². The van der Waals surface area contributed by atoms with Crippen LogP contribution in [-0.4, -0.2) is 0 Å². The lowest BCUT2D eigenvalue weighted by atomic mass is 9.66. The molecule has 1 atom stereocenters. The molecule has 0 heterocycles. The first kappa shape index (κ1) is 23.1. The van der Waals surface area contributed by atoms with Crippen LogP contribution >= 0.6 is 34.0 Å². The molecule has 2 heteroatoms. The second kappa shape index (κ2) is 9.83. The Morgan fingerprint density at radius 3 is 1.35 bits per heavy atom. The van der Waals surface area contributed by atoms with Crippen LogP contribution in [0.25, 0.3) is 0 Å². The van der Waals surface area contributed by atoms with Crippen LogP contribution in [0.5, 0.6) is 0 Å². The summed E-state index contributed by atoms with van der Waals surface area (Å²) in [6, 6.07) is 0. The van der Waals surface area contributed by atoms with Crippen LogP contribution < -0.4 is 0 Å². The zero-order valence-corrected chi connectivity index (χ0v) is 16.4. The van der Waals surface area contributed by atoms with Crippen LogP contribution in [0, 0.1) is 16.7 Å². The van der Waals surface area contributed by atoms with Gasteiger partial charge in [-0.2, -0.15) is 0 Å². The maximum absolute atomic E-state index is 2.46. The summed E-state index contributed by atoms with van der Waals surface area (Å²) in [5.41, 5.74) is 1.11. The van der Waals surface area contributed by atoms with Crippen molar-refractivity contribution < 1.29 is 0 Å². The van der Waals surface area contributed by atoms with Crippen molar-refractivity contribution in [3.8, 4) is 0 Å². The molecule has 0 spiro atoms. The summed E-state index contributed by atoms with van der Waals surface area (Å²) in [6.07, 6.45) is 6.65. The Morgan fingerprint density at radius 1 is 0.765 bits per heavy atom. The Bertz CT molecular complexity index is 170. The van der Waals surface area contributed by atoms with Crippen molar-refractivity contribution >= 4 is 34.0 Å². The highest BCUT2D eigenvalue weighted by Crippen LogP contribution is 2.43. The predicted molar refractivity (Wildman–Crippen MR) is 91.8 cm³/mol. The summed E-state index contributed by atoms with van der Waals surface area (Å²) in [5, 5.41) is 0. The minimum absolute atomic E-state index is 0. The van der Waals surface area contributed by atoms with Crippen molar-refractivity contribution in [1.82, 2.24) is 0 Å². The zero-order valence-electron chi connectivity index (χ0n) is 12.9. The van der Waals surface area contributed by atoms with E-state index < -0.39 is 0 Å². The fourth-order valence-electron chi connectivity index (χ4n) is 2.47. The lowest BCUT2D eigenvalue weighted by molar-refractivity contribution is 0.111. The predicted octanol–water partition coefficient (Wildman–Crippen LogP) is 6.82. The third kappa shape index (κ3) is 6.61. The van der Waals surface area contributed by atoms with Gasteiger partial charge in [-0.1, -0.05) is 74.1 Å². The van der Waals surface area contributed by atoms with E-state index in [9.17, 15) is 0 Å². The molecule has 0 saturated heterocycles. The minimum Gasteiger partial charge on any atom is -0.114 e. The summed E-state index contributed by atoms with van der Waals surface area (Å²) >= 11 is 0. The van der Waals surface area contributed by atoms with Gasteiger partial charge in [0.25, 0.3) is 0 Å². The van der Waals surface area contributed by atoms with Crippen molar-refractivity contribution in [3.05, 3.63) is 0 Å². The van der Waals surface area contributed by atoms with Gasteiger partial charge < -0.3 is 0 Å². The second-order valence-corrected chi connectivity index (χ2v) is 5.98. The zero-order chi connectivity index (χ0) is 12.1. The van der Waals surface area contributed by atoms with Crippen LogP contribution in [-0.2, 0) is 0 Å². The molecule has 0 aliphatic rings. The van der Waals surface area contributed by atoms with Crippen molar-refractivity contribution in [3.63, 3.8) is 0 Å². The van der Waals surface area contributed by atoms with E-state index in [1.54, 1.807) is 0 Å². The van der Waals surface area contributed by atoms with Crippen LogP contribution in [0.4, 0.5) is 0 Å². The molecule has 0 aromatic heterocycles. The van der Waals surface area contributed by atoms with Crippen LogP contribution in [0.15, 0.2) is 0 Å². The van der Waals surface area contributed by atoms with Crippen LogP contribution in [0.3, 0.4) is 0 Å². The molecule has 0 radical (unpaired) electrons. The van der Waals surface area contributed by atoms with Gasteiger partial charge in [0.1, 0.15) is 0 Å². The molecule has 0 aromatic rings. The largest absolute Gasteiger partial charge is 0.114 e. The monoisotopic (exact) mass is 372 g/mol. The van der Waals surface area contributed by atoms with Crippen molar-refractivity contribution in [1.29, 1.82) is 0 Å². The highest BCUT2D eigenvalue weighted by Gasteiger charge is 2.32. The van der Waals surface area contributed by atoms with Crippen molar-refractivity contribution in [2.24, 2.45) is 16.7 Å². The normalized spacial score (nSPS) is 13.6. The lowest BCUT2D eigenvalue weighted by Gasteiger charge is -2.40. The standard InChI is InChI=1S/C15H32.2BrH/c1-8-14(6,9-2)12-13(5)15(7,10-3)11-4;;/h13H,8-12H2,1-7H3;2*1H. The topological polar surface area (TPSA) is 0 Å². The Kier molecular flexibility index (Phi) is 13.4. The number of hydrogen-bond acceptors (Lipinski definition) is 0. The van der Waals surface area contributed by atoms with E-state index >= 15 is 0 Å². The third-order valence-corrected chi connectivity index (χ3v) is 5.31. The maximum atomic E-state index is 2.46. The molecule has 108 valence electrons. The first-order valence-electron chi connectivity index (χ1n) is 6.87. The number of halogens is 2. The molecule has 17 heavy (non-hydrogen) atoms. The fourth-order valence-corrected chi connectivity index (χ4v) is 2.47. The molecule has 1 unspecified atom stereocenters. The molecule has 0 aliphatic carbocycles. The van der Waals surface area contributed by atoms with E-state index in [-0.39, 0.29) is 34.0 Å². The van der Waals surface area contributed by atoms with E-state index in [2.05, 4.69) is 48.5 Å². The highest BCUT2D eigenvalue weighted by molar-refractivity contribution is 8.93. The summed E-state index contributed by atoms with van der Waals surface area (Å²) in [7, 11) is 0. The Morgan fingerprint density at radius 2 is 1.12 bits per heavy atom. The molecule has 0 aromatic carbocycles. The van der Waals surface area contributed by atoms with Gasteiger partial charge in [-0.15, -0.1) is 34.0 Å². The Balaban J connectivity index is -0.000000980. The van der Waals surface area contributed by atoms with Crippen LogP contribution in [0.1, 0.15) is 80.6 Å². The van der Waals surface area contributed by atoms with E-state index in [0.29, 0.717) is 10.8 Å². The first-order valence-corrected chi connectivity index (χ1v) is 6.87. The number of rotatable bonds is 7. The van der Waals surface area contributed by atoms with E-state index in [1.807, 2.05) is 0 Å². The van der Waals surface area contributed by atoms with Gasteiger partial charge in [0.15, 0.2) is 0 Å². The molecule has 0 amide bonds. The summed E-state index contributed by atoms with van der Waals surface area (Å²) in [4.78, 5) is 0. The van der Waals surface area contributed by atoms with Gasteiger partial charge in [0.05, 0.1) is 0 Å². The lowest BCUT2D eigenvalue weighted by Crippen LogP contribution is -2.29. The fraction of sp³-hybridized carbons (Fsp3) is 1.00. The highest BCUT2D eigenvalue weighted by atomic mass is 79.9. The molecule has 0 saturated carbocycles. The second-order valence-electron chi connectivity index (χ2n) is 5.98. The van der Waals surface area contributed by atoms with E-state index in [4.69, 9.17) is 0 Å². The summed E-state index contributed by atoms with van der Waals surface area (Å²) in [6.45, 7) is 16.7. The SMILES string of the molecule is Br.Br.CCC(C)(CC)CC(C)C(C)(CC)CC. The summed E-state index contributed by atoms with van der Waals surface area (Å²) < 4.78 is 0. The molecule has 0 rings (SSSR count). The molecule has 0 bridgehead atoms. The minimum atomic E-state index is 0. The number of hydrogen-bond donors (Lipinski definition) is 0. The van der Waals surface area contributed by atoms with Gasteiger partial charge in [-0.05, 0) is 23.2 Å². The molecule has 0 N–H and O–H groups in total. The molecular formula is C15H34Br2. The van der Waals surface area contributed by atoms with Crippen molar-refractivity contribution in [2.75, 3.05) is 0 Å². The average Bonchev–Trinajstić information content (AvgIpc) is 2.27. The van der Waals surface area contributed by atoms with E-state index in [1.165, 1.54) is 32.1 Å². The van der Waals surface area contributed by atoms with E-state index in [0.717, 1.165) is 5.92 Å². The molecule has 0 aliphatic heterocycles.